The minimum Gasteiger partial charge on any atom is -0.454 e. The number of para-hydroxylation sites is 1. The molecular formula is C23H25N3O5S. The molecule has 2 aliphatic heterocycles. The number of hydrogen-bond donors (Lipinski definition) is 2. The molecule has 2 heterocycles. The van der Waals surface area contributed by atoms with Crippen molar-refractivity contribution in [2.75, 3.05) is 12.1 Å². The number of anilines is 1. The van der Waals surface area contributed by atoms with Crippen LogP contribution >= 0.6 is 0 Å². The minimum atomic E-state index is -3.74. The van der Waals surface area contributed by atoms with Gasteiger partial charge in [-0.2, -0.15) is 8.42 Å². The Bertz CT molecular complexity index is 1190. The van der Waals surface area contributed by atoms with E-state index in [9.17, 15) is 13.2 Å². The van der Waals surface area contributed by atoms with Crippen molar-refractivity contribution in [1.82, 2.24) is 5.32 Å². The van der Waals surface area contributed by atoms with E-state index in [1.165, 1.54) is 0 Å². The van der Waals surface area contributed by atoms with Gasteiger partial charge in [-0.3, -0.25) is 4.79 Å². The summed E-state index contributed by atoms with van der Waals surface area (Å²) in [6, 6.07) is 12.4. The van der Waals surface area contributed by atoms with Crippen LogP contribution in [0, 0.1) is 5.41 Å². The van der Waals surface area contributed by atoms with Gasteiger partial charge in [-0.05, 0) is 48.1 Å². The highest BCUT2D eigenvalue weighted by atomic mass is 32.2. The fourth-order valence-electron chi connectivity index (χ4n) is 4.79. The molecule has 0 bridgehead atoms. The number of nitrogens with one attached hydrogen (secondary N) is 2. The average molecular weight is 456 g/mol. The molecule has 1 amide bonds. The second-order valence-corrected chi connectivity index (χ2v) is 10.2. The minimum absolute atomic E-state index is 0.0516. The van der Waals surface area contributed by atoms with Crippen LogP contribution in [0.1, 0.15) is 44.1 Å². The molecule has 0 aromatic heterocycles. The number of fused-ring (bicyclic) bond motifs is 2. The van der Waals surface area contributed by atoms with Crippen molar-refractivity contribution < 1.29 is 22.7 Å². The van der Waals surface area contributed by atoms with E-state index in [2.05, 4.69) is 15.0 Å². The van der Waals surface area contributed by atoms with Crippen LogP contribution in [0.4, 0.5) is 5.69 Å². The maximum Gasteiger partial charge on any atom is 0.286 e. The molecule has 0 atom stereocenters. The first kappa shape index (κ1) is 20.8. The van der Waals surface area contributed by atoms with Crippen LogP contribution in [0.5, 0.6) is 11.5 Å². The fourth-order valence-corrected chi connectivity index (χ4v) is 5.94. The molecule has 0 spiro atoms. The zero-order chi connectivity index (χ0) is 22.2. The van der Waals surface area contributed by atoms with Gasteiger partial charge in [-0.15, -0.1) is 4.40 Å². The molecule has 168 valence electrons. The number of sulfonamides is 1. The van der Waals surface area contributed by atoms with Crippen molar-refractivity contribution in [2.45, 2.75) is 50.0 Å². The average Bonchev–Trinajstić information content (AvgIpc) is 3.41. The number of amidine groups is 1. The van der Waals surface area contributed by atoms with Crippen molar-refractivity contribution in [1.29, 1.82) is 0 Å². The molecule has 8 nitrogen and oxygen atoms in total. The topological polar surface area (TPSA) is 106 Å². The zero-order valence-electron chi connectivity index (χ0n) is 17.6. The lowest BCUT2D eigenvalue weighted by Crippen LogP contribution is -2.34. The number of nitrogens with zero attached hydrogens (tertiary/aromatic N) is 1. The van der Waals surface area contributed by atoms with E-state index >= 15 is 0 Å². The molecule has 2 aromatic rings. The first-order valence-corrected chi connectivity index (χ1v) is 12.2. The van der Waals surface area contributed by atoms with Crippen molar-refractivity contribution in [3.8, 4) is 11.5 Å². The monoisotopic (exact) mass is 455 g/mol. The SMILES string of the molecule is O=C(CC1(CC2=NS(=O)(=O)c3ccccc3N2)CCCC1)NCc1ccc2c(c1)OCO2. The normalized spacial score (nSPS) is 19.6. The van der Waals surface area contributed by atoms with Crippen molar-refractivity contribution in [3.63, 3.8) is 0 Å². The third-order valence-corrected chi connectivity index (χ3v) is 7.72. The highest BCUT2D eigenvalue weighted by Crippen LogP contribution is 2.45. The molecule has 1 fully saturated rings. The van der Waals surface area contributed by atoms with Gasteiger partial charge >= 0.3 is 0 Å². The van der Waals surface area contributed by atoms with Crippen LogP contribution < -0.4 is 20.1 Å². The first-order chi connectivity index (χ1) is 15.4. The molecule has 0 saturated heterocycles. The molecule has 2 N–H and O–H groups in total. The third kappa shape index (κ3) is 4.17. The molecule has 5 rings (SSSR count). The molecule has 0 unspecified atom stereocenters. The van der Waals surface area contributed by atoms with Crippen LogP contribution in [0.3, 0.4) is 0 Å². The van der Waals surface area contributed by atoms with E-state index in [-0.39, 0.29) is 23.0 Å². The first-order valence-electron chi connectivity index (χ1n) is 10.8. The maximum atomic E-state index is 12.8. The predicted octanol–water partition coefficient (Wildman–Crippen LogP) is 3.59. The number of carbonyl (C=O) groups excluding carboxylic acids is 1. The highest BCUT2D eigenvalue weighted by Gasteiger charge is 2.39. The van der Waals surface area contributed by atoms with E-state index in [4.69, 9.17) is 9.47 Å². The van der Waals surface area contributed by atoms with Gasteiger partial charge in [-0.25, -0.2) is 0 Å². The predicted molar refractivity (Wildman–Crippen MR) is 119 cm³/mol. The molecule has 1 saturated carbocycles. The summed E-state index contributed by atoms with van der Waals surface area (Å²) < 4.78 is 39.9. The second-order valence-electron chi connectivity index (χ2n) is 8.66. The number of carbonyl (C=O) groups is 1. The van der Waals surface area contributed by atoms with E-state index < -0.39 is 10.0 Å². The summed E-state index contributed by atoms with van der Waals surface area (Å²) in [5.41, 5.74) is 1.18. The third-order valence-electron chi connectivity index (χ3n) is 6.34. The lowest BCUT2D eigenvalue weighted by molar-refractivity contribution is -0.123. The molecule has 2 aromatic carbocycles. The summed E-state index contributed by atoms with van der Waals surface area (Å²) in [6.45, 7) is 0.609. The number of ether oxygens (including phenoxy) is 2. The second kappa shape index (κ2) is 8.12. The number of hydrogen-bond acceptors (Lipinski definition) is 6. The van der Waals surface area contributed by atoms with Crippen LogP contribution in [-0.2, 0) is 21.4 Å². The van der Waals surface area contributed by atoms with Gasteiger partial charge in [0.2, 0.25) is 12.7 Å². The Morgan fingerprint density at radius 2 is 1.88 bits per heavy atom. The fraction of sp³-hybridized carbons (Fsp3) is 0.391. The maximum absolute atomic E-state index is 12.8. The lowest BCUT2D eigenvalue weighted by atomic mass is 9.78. The molecule has 1 aliphatic carbocycles. The molecule has 9 heteroatoms. The summed E-state index contributed by atoms with van der Waals surface area (Å²) in [6.07, 6.45) is 4.54. The quantitative estimate of drug-likeness (QED) is 0.690. The number of amides is 1. The van der Waals surface area contributed by atoms with Gasteiger partial charge in [0, 0.05) is 19.4 Å². The summed E-state index contributed by atoms with van der Waals surface area (Å²) >= 11 is 0. The molecular weight excluding hydrogens is 430 g/mol. The zero-order valence-corrected chi connectivity index (χ0v) is 18.4. The Labute approximate surface area is 187 Å². The Hall–Kier alpha value is -3.07. The smallest absolute Gasteiger partial charge is 0.286 e. The Morgan fingerprint density at radius 1 is 1.09 bits per heavy atom. The Morgan fingerprint density at radius 3 is 2.72 bits per heavy atom. The van der Waals surface area contributed by atoms with E-state index in [1.807, 2.05) is 18.2 Å². The number of benzene rings is 2. The Kier molecular flexibility index (Phi) is 5.28. The van der Waals surface area contributed by atoms with Crippen molar-refractivity contribution in [3.05, 3.63) is 48.0 Å². The lowest BCUT2D eigenvalue weighted by Gasteiger charge is -2.30. The van der Waals surface area contributed by atoms with Crippen LogP contribution in [-0.4, -0.2) is 27.0 Å². The van der Waals surface area contributed by atoms with E-state index in [0.29, 0.717) is 42.4 Å². The van der Waals surface area contributed by atoms with Crippen LogP contribution in [0.25, 0.3) is 0 Å². The van der Waals surface area contributed by atoms with Crippen LogP contribution in [0.15, 0.2) is 51.8 Å². The van der Waals surface area contributed by atoms with Gasteiger partial charge in [0.05, 0.1) is 5.69 Å². The van der Waals surface area contributed by atoms with Crippen molar-refractivity contribution in [2.24, 2.45) is 9.81 Å². The Balaban J connectivity index is 1.26. The van der Waals surface area contributed by atoms with Gasteiger partial charge in [0.25, 0.3) is 10.0 Å². The summed E-state index contributed by atoms with van der Waals surface area (Å²) in [7, 11) is -3.74. The standard InChI is InChI=1S/C23H25N3O5S/c27-22(24-14-16-7-8-18-19(11-16)31-15-30-18)13-23(9-3-4-10-23)12-21-25-17-5-1-2-6-20(17)32(28,29)26-21/h1-2,5-8,11H,3-4,9-10,12-15H2,(H,24,27)(H,25,26). The number of rotatable bonds is 6. The summed E-state index contributed by atoms with van der Waals surface area (Å²) in [5.74, 6) is 1.76. The summed E-state index contributed by atoms with van der Waals surface area (Å²) in [5, 5.41) is 6.17. The van der Waals surface area contributed by atoms with Crippen LogP contribution in [0.2, 0.25) is 0 Å². The van der Waals surface area contributed by atoms with Gasteiger partial charge in [0.15, 0.2) is 11.5 Å². The van der Waals surface area contributed by atoms with Crippen molar-refractivity contribution >= 4 is 27.5 Å². The van der Waals surface area contributed by atoms with Gasteiger partial charge in [-0.1, -0.05) is 31.0 Å². The highest BCUT2D eigenvalue weighted by molar-refractivity contribution is 7.90. The van der Waals surface area contributed by atoms with E-state index in [0.717, 1.165) is 31.2 Å². The van der Waals surface area contributed by atoms with Gasteiger partial charge in [0.1, 0.15) is 10.7 Å². The summed E-state index contributed by atoms with van der Waals surface area (Å²) in [4.78, 5) is 13.0. The molecule has 3 aliphatic rings. The van der Waals surface area contributed by atoms with Gasteiger partial charge < -0.3 is 20.1 Å². The molecule has 32 heavy (non-hydrogen) atoms. The largest absolute Gasteiger partial charge is 0.454 e. The molecule has 0 radical (unpaired) electrons. The van der Waals surface area contributed by atoms with E-state index in [1.54, 1.807) is 24.3 Å².